The summed E-state index contributed by atoms with van der Waals surface area (Å²) >= 11 is 0. The molecule has 0 heterocycles. The second kappa shape index (κ2) is 21.6. The number of rotatable bonds is 24. The highest BCUT2D eigenvalue weighted by Gasteiger charge is 2.17. The van der Waals surface area contributed by atoms with Crippen LogP contribution in [0.4, 0.5) is 0 Å². The molecular weight excluding hydrogens is 480 g/mol. The number of aryl methyl sites for hydroxylation is 1. The summed E-state index contributed by atoms with van der Waals surface area (Å²) < 4.78 is 33.8. The van der Waals surface area contributed by atoms with E-state index in [0.29, 0.717) is 5.76 Å². The molecule has 1 rings (SSSR count). The van der Waals surface area contributed by atoms with E-state index in [1.54, 1.807) is 19.1 Å². The molecule has 0 aliphatic carbocycles. The maximum atomic E-state index is 12.0. The van der Waals surface area contributed by atoms with Crippen LogP contribution in [0.2, 0.25) is 0 Å². The lowest BCUT2D eigenvalue weighted by atomic mass is 9.96. The lowest BCUT2D eigenvalue weighted by Gasteiger charge is -2.14. The predicted octanol–water partition coefficient (Wildman–Crippen LogP) is 10.3. The normalized spacial score (nSPS) is 12.4. The third-order valence-corrected chi connectivity index (χ3v) is 8.32. The summed E-state index contributed by atoms with van der Waals surface area (Å²) in [6, 6.07) is 5.39. The van der Waals surface area contributed by atoms with E-state index in [1.165, 1.54) is 96.3 Å². The SMILES string of the molecule is CCCCCCCCCCCCc1cccc(S(=O)(=O)O)c1CCCCCCCCCCCC=C(C)O. The van der Waals surface area contributed by atoms with Crippen LogP contribution in [-0.4, -0.2) is 18.1 Å². The Morgan fingerprint density at radius 1 is 0.703 bits per heavy atom. The molecule has 0 radical (unpaired) electrons. The van der Waals surface area contributed by atoms with E-state index < -0.39 is 10.1 Å². The largest absolute Gasteiger partial charge is 0.513 e. The van der Waals surface area contributed by atoms with Crippen LogP contribution in [0, 0.1) is 0 Å². The molecule has 5 heteroatoms. The van der Waals surface area contributed by atoms with Gasteiger partial charge in [0.2, 0.25) is 0 Å². The lowest BCUT2D eigenvalue weighted by molar-refractivity contribution is 0.410. The minimum atomic E-state index is -4.20. The Morgan fingerprint density at radius 2 is 1.16 bits per heavy atom. The van der Waals surface area contributed by atoms with Gasteiger partial charge < -0.3 is 5.11 Å². The first kappa shape index (κ1) is 33.7. The van der Waals surface area contributed by atoms with Crippen molar-refractivity contribution in [3.63, 3.8) is 0 Å². The zero-order chi connectivity index (χ0) is 27.2. The summed E-state index contributed by atoms with van der Waals surface area (Å²) in [4.78, 5) is 0.114. The Morgan fingerprint density at radius 3 is 1.65 bits per heavy atom. The third kappa shape index (κ3) is 17.7. The summed E-state index contributed by atoms with van der Waals surface area (Å²) in [7, 11) is -4.20. The fourth-order valence-corrected chi connectivity index (χ4v) is 5.96. The first-order chi connectivity index (χ1) is 17.9. The van der Waals surface area contributed by atoms with Crippen molar-refractivity contribution in [2.75, 3.05) is 0 Å². The smallest absolute Gasteiger partial charge is 0.294 e. The molecule has 0 fully saturated rings. The standard InChI is InChI=1S/C32H56O4S/c1-3-4-5-6-7-8-12-15-18-21-25-30-26-23-28-32(37(34,35)36)31(30)27-22-19-16-13-10-9-11-14-17-20-24-29(2)33/h23-24,26,28,33H,3-22,25,27H2,1-2H3,(H,34,35,36). The second-order valence-corrected chi connectivity index (χ2v) is 12.3. The van der Waals surface area contributed by atoms with Gasteiger partial charge in [-0.15, -0.1) is 0 Å². The fraction of sp³-hybridized carbons (Fsp3) is 0.750. The highest BCUT2D eigenvalue weighted by Crippen LogP contribution is 2.25. The molecule has 2 N–H and O–H groups in total. The monoisotopic (exact) mass is 536 g/mol. The van der Waals surface area contributed by atoms with Crippen LogP contribution >= 0.6 is 0 Å². The van der Waals surface area contributed by atoms with Crippen molar-refractivity contribution >= 4 is 10.1 Å². The van der Waals surface area contributed by atoms with E-state index in [9.17, 15) is 13.0 Å². The summed E-state index contributed by atoms with van der Waals surface area (Å²) in [5.41, 5.74) is 1.94. The maximum absolute atomic E-state index is 12.0. The van der Waals surface area contributed by atoms with Crippen LogP contribution in [0.15, 0.2) is 34.9 Å². The van der Waals surface area contributed by atoms with Gasteiger partial charge in [-0.2, -0.15) is 8.42 Å². The number of benzene rings is 1. The van der Waals surface area contributed by atoms with Gasteiger partial charge in [0.25, 0.3) is 10.1 Å². The molecule has 0 saturated carbocycles. The Bertz CT molecular complexity index is 825. The number of hydrogen-bond acceptors (Lipinski definition) is 3. The number of aliphatic hydroxyl groups is 1. The van der Waals surface area contributed by atoms with Gasteiger partial charge in [-0.1, -0.05) is 122 Å². The van der Waals surface area contributed by atoms with Crippen molar-refractivity contribution in [1.29, 1.82) is 0 Å². The molecule has 0 aromatic heterocycles. The topological polar surface area (TPSA) is 74.6 Å². The molecule has 4 nitrogen and oxygen atoms in total. The quantitative estimate of drug-likeness (QED) is 0.0782. The van der Waals surface area contributed by atoms with Crippen molar-refractivity contribution in [3.8, 4) is 0 Å². The molecule has 0 atom stereocenters. The summed E-state index contributed by atoms with van der Waals surface area (Å²) in [5, 5.41) is 9.16. The molecular formula is C32H56O4S. The molecule has 214 valence electrons. The number of allylic oxidation sites excluding steroid dienone is 2. The molecule has 0 spiro atoms. The second-order valence-electron chi connectivity index (χ2n) is 10.9. The van der Waals surface area contributed by atoms with Crippen molar-refractivity contribution in [1.82, 2.24) is 0 Å². The molecule has 37 heavy (non-hydrogen) atoms. The Balaban J connectivity index is 2.32. The molecule has 0 amide bonds. The average molecular weight is 537 g/mol. The molecule has 0 aliphatic heterocycles. The van der Waals surface area contributed by atoms with Crippen LogP contribution in [0.1, 0.15) is 153 Å². The number of aliphatic hydroxyl groups excluding tert-OH is 1. The lowest BCUT2D eigenvalue weighted by Crippen LogP contribution is -2.07. The van der Waals surface area contributed by atoms with E-state index in [2.05, 4.69) is 13.0 Å². The van der Waals surface area contributed by atoms with E-state index in [4.69, 9.17) is 5.11 Å². The zero-order valence-corrected chi connectivity index (χ0v) is 24.8. The maximum Gasteiger partial charge on any atom is 0.294 e. The predicted molar refractivity (Wildman–Crippen MR) is 158 cm³/mol. The van der Waals surface area contributed by atoms with Gasteiger partial charge in [-0.25, -0.2) is 0 Å². The zero-order valence-electron chi connectivity index (χ0n) is 24.0. The highest BCUT2D eigenvalue weighted by molar-refractivity contribution is 7.85. The minimum absolute atomic E-state index is 0.114. The van der Waals surface area contributed by atoms with Gasteiger partial charge >= 0.3 is 0 Å². The first-order valence-corrected chi connectivity index (χ1v) is 16.7. The molecule has 0 saturated heterocycles. The van der Waals surface area contributed by atoms with E-state index >= 15 is 0 Å². The van der Waals surface area contributed by atoms with E-state index in [-0.39, 0.29) is 4.90 Å². The summed E-state index contributed by atoms with van der Waals surface area (Å²) in [5.74, 6) is 0.421. The van der Waals surface area contributed by atoms with Gasteiger partial charge in [0.1, 0.15) is 0 Å². The number of unbranched alkanes of at least 4 members (excludes halogenated alkanes) is 18. The van der Waals surface area contributed by atoms with Gasteiger partial charge in [0, 0.05) is 0 Å². The van der Waals surface area contributed by atoms with Gasteiger partial charge in [0.15, 0.2) is 0 Å². The number of hydrogen-bond donors (Lipinski definition) is 2. The van der Waals surface area contributed by atoms with E-state index in [1.807, 2.05) is 6.08 Å². The van der Waals surface area contributed by atoms with Crippen molar-refractivity contribution in [2.45, 2.75) is 160 Å². The van der Waals surface area contributed by atoms with Gasteiger partial charge in [-0.05, 0) is 68.7 Å². The molecule has 0 aliphatic rings. The van der Waals surface area contributed by atoms with Crippen molar-refractivity contribution in [3.05, 3.63) is 41.2 Å². The van der Waals surface area contributed by atoms with Gasteiger partial charge in [-0.3, -0.25) is 4.55 Å². The Kier molecular flexibility index (Phi) is 19.7. The van der Waals surface area contributed by atoms with Crippen molar-refractivity contribution < 1.29 is 18.1 Å². The summed E-state index contributed by atoms with van der Waals surface area (Å²) in [6.07, 6.45) is 27.9. The molecule has 0 bridgehead atoms. The third-order valence-electron chi connectivity index (χ3n) is 7.38. The minimum Gasteiger partial charge on any atom is -0.513 e. The average Bonchev–Trinajstić information content (AvgIpc) is 2.85. The van der Waals surface area contributed by atoms with Crippen LogP contribution < -0.4 is 0 Å². The van der Waals surface area contributed by atoms with E-state index in [0.717, 1.165) is 56.1 Å². The fourth-order valence-electron chi connectivity index (χ4n) is 5.17. The molecule has 1 aromatic rings. The summed E-state index contributed by atoms with van der Waals surface area (Å²) in [6.45, 7) is 3.98. The Hall–Kier alpha value is -1.33. The highest BCUT2D eigenvalue weighted by atomic mass is 32.2. The van der Waals surface area contributed by atoms with Crippen LogP contribution in [0.5, 0.6) is 0 Å². The van der Waals surface area contributed by atoms with Gasteiger partial charge in [0.05, 0.1) is 10.7 Å². The Labute approximate surface area is 229 Å². The van der Waals surface area contributed by atoms with Crippen LogP contribution in [0.25, 0.3) is 0 Å². The first-order valence-electron chi connectivity index (χ1n) is 15.3. The van der Waals surface area contributed by atoms with Crippen LogP contribution in [-0.2, 0) is 23.0 Å². The van der Waals surface area contributed by atoms with Crippen LogP contribution in [0.3, 0.4) is 0 Å². The molecule has 0 unspecified atom stereocenters. The molecule has 1 aromatic carbocycles. The van der Waals surface area contributed by atoms with Crippen molar-refractivity contribution in [2.24, 2.45) is 0 Å².